The molecule has 2 rings (SSSR count). The van der Waals surface area contributed by atoms with Gasteiger partial charge in [0, 0.05) is 16.7 Å². The van der Waals surface area contributed by atoms with Gasteiger partial charge in [-0.2, -0.15) is 0 Å². The van der Waals surface area contributed by atoms with E-state index >= 15 is 0 Å². The smallest absolute Gasteiger partial charge is 0.110 e. The Morgan fingerprint density at radius 3 is 2.69 bits per heavy atom. The van der Waals surface area contributed by atoms with Gasteiger partial charge < -0.3 is 5.21 Å². The molecule has 0 unspecified atom stereocenters. The zero-order chi connectivity index (χ0) is 11.2. The molecule has 0 atom stereocenters. The third-order valence-corrected chi connectivity index (χ3v) is 3.00. The van der Waals surface area contributed by atoms with Gasteiger partial charge in [0.1, 0.15) is 5.03 Å². The van der Waals surface area contributed by atoms with E-state index in [1.54, 1.807) is 18.0 Å². The monoisotopic (exact) mass is 230 g/mol. The molecule has 0 saturated carbocycles. The van der Waals surface area contributed by atoms with Crippen LogP contribution in [0.3, 0.4) is 0 Å². The molecule has 0 saturated heterocycles. The zero-order valence-electron chi connectivity index (χ0n) is 8.45. The molecular weight excluding hydrogens is 220 g/mol. The molecule has 2 aromatic rings. The lowest BCUT2D eigenvalue weighted by Gasteiger charge is -2.03. The lowest BCUT2D eigenvalue weighted by atomic mass is 10.3. The number of oxime groups is 1. The SMILES string of the molecule is O/N=C/c1cccnc1Sc1ccccc1. The Labute approximate surface area is 97.8 Å². The van der Waals surface area contributed by atoms with Gasteiger partial charge in [-0.05, 0) is 24.3 Å². The van der Waals surface area contributed by atoms with Crippen LogP contribution in [0.15, 0.2) is 63.7 Å². The summed E-state index contributed by atoms with van der Waals surface area (Å²) in [5, 5.41) is 12.4. The average molecular weight is 230 g/mol. The summed E-state index contributed by atoms with van der Waals surface area (Å²) in [4.78, 5) is 5.36. The standard InChI is InChI=1S/C12H10N2OS/c15-14-9-10-5-4-8-13-12(10)16-11-6-2-1-3-7-11/h1-9,15H/b14-9+. The van der Waals surface area contributed by atoms with Gasteiger partial charge >= 0.3 is 0 Å². The molecule has 0 amide bonds. The Hall–Kier alpha value is -1.81. The van der Waals surface area contributed by atoms with E-state index in [2.05, 4.69) is 10.1 Å². The van der Waals surface area contributed by atoms with Crippen LogP contribution < -0.4 is 0 Å². The van der Waals surface area contributed by atoms with Crippen LogP contribution in [0.1, 0.15) is 5.56 Å². The molecule has 0 aliphatic heterocycles. The first kappa shape index (κ1) is 10.7. The van der Waals surface area contributed by atoms with Crippen molar-refractivity contribution in [2.24, 2.45) is 5.16 Å². The maximum Gasteiger partial charge on any atom is 0.110 e. The second-order valence-electron chi connectivity index (χ2n) is 3.06. The molecule has 0 aliphatic carbocycles. The normalized spacial score (nSPS) is 10.8. The number of hydrogen-bond acceptors (Lipinski definition) is 4. The van der Waals surface area contributed by atoms with E-state index in [1.165, 1.54) is 6.21 Å². The van der Waals surface area contributed by atoms with Crippen LogP contribution in [0, 0.1) is 0 Å². The summed E-state index contributed by atoms with van der Waals surface area (Å²) in [6, 6.07) is 13.6. The van der Waals surface area contributed by atoms with Crippen molar-refractivity contribution >= 4 is 18.0 Å². The second-order valence-corrected chi connectivity index (χ2v) is 4.12. The van der Waals surface area contributed by atoms with Crippen LogP contribution >= 0.6 is 11.8 Å². The van der Waals surface area contributed by atoms with E-state index in [0.29, 0.717) is 0 Å². The van der Waals surface area contributed by atoms with Gasteiger partial charge in [0.15, 0.2) is 0 Å². The largest absolute Gasteiger partial charge is 0.411 e. The van der Waals surface area contributed by atoms with Gasteiger partial charge in [0.25, 0.3) is 0 Å². The maximum absolute atomic E-state index is 8.54. The van der Waals surface area contributed by atoms with E-state index in [1.807, 2.05) is 42.5 Å². The van der Waals surface area contributed by atoms with Crippen LogP contribution in [-0.2, 0) is 0 Å². The Kier molecular flexibility index (Phi) is 3.56. The van der Waals surface area contributed by atoms with Crippen molar-refractivity contribution in [3.05, 3.63) is 54.2 Å². The van der Waals surface area contributed by atoms with Crippen LogP contribution in [0.25, 0.3) is 0 Å². The number of rotatable bonds is 3. The van der Waals surface area contributed by atoms with Gasteiger partial charge in [0.2, 0.25) is 0 Å². The van der Waals surface area contributed by atoms with Crippen molar-refractivity contribution < 1.29 is 5.21 Å². The Morgan fingerprint density at radius 2 is 1.94 bits per heavy atom. The molecule has 0 bridgehead atoms. The highest BCUT2D eigenvalue weighted by Crippen LogP contribution is 2.27. The summed E-state index contributed by atoms with van der Waals surface area (Å²) in [5.74, 6) is 0. The minimum absolute atomic E-state index is 0.804. The summed E-state index contributed by atoms with van der Waals surface area (Å²) in [7, 11) is 0. The highest BCUT2D eigenvalue weighted by Gasteiger charge is 2.03. The van der Waals surface area contributed by atoms with Crippen LogP contribution in [-0.4, -0.2) is 16.4 Å². The Morgan fingerprint density at radius 1 is 1.12 bits per heavy atom. The van der Waals surface area contributed by atoms with Crippen molar-refractivity contribution in [3.63, 3.8) is 0 Å². The quantitative estimate of drug-likeness (QED) is 0.501. The first-order chi connectivity index (χ1) is 7.90. The summed E-state index contributed by atoms with van der Waals surface area (Å²) < 4.78 is 0. The van der Waals surface area contributed by atoms with Gasteiger partial charge in [-0.25, -0.2) is 4.98 Å². The molecule has 80 valence electrons. The lowest BCUT2D eigenvalue weighted by Crippen LogP contribution is -1.89. The van der Waals surface area contributed by atoms with Gasteiger partial charge in [-0.1, -0.05) is 35.1 Å². The number of benzene rings is 1. The highest BCUT2D eigenvalue weighted by atomic mass is 32.2. The predicted octanol–water partition coefficient (Wildman–Crippen LogP) is 3.04. The van der Waals surface area contributed by atoms with E-state index < -0.39 is 0 Å². The third-order valence-electron chi connectivity index (χ3n) is 1.96. The minimum atomic E-state index is 0.804. The molecule has 0 aliphatic rings. The Bertz CT molecular complexity index is 485. The summed E-state index contributed by atoms with van der Waals surface area (Å²) in [6.45, 7) is 0. The first-order valence-electron chi connectivity index (χ1n) is 4.75. The van der Waals surface area contributed by atoms with Crippen molar-refractivity contribution in [2.45, 2.75) is 9.92 Å². The summed E-state index contributed by atoms with van der Waals surface area (Å²) in [5.41, 5.74) is 0.804. The fraction of sp³-hybridized carbons (Fsp3) is 0. The molecule has 0 spiro atoms. The molecule has 16 heavy (non-hydrogen) atoms. The Balaban J connectivity index is 2.28. The molecule has 1 aromatic heterocycles. The molecule has 3 nitrogen and oxygen atoms in total. The zero-order valence-corrected chi connectivity index (χ0v) is 9.26. The van der Waals surface area contributed by atoms with Gasteiger partial charge in [0.05, 0.1) is 6.21 Å². The van der Waals surface area contributed by atoms with Crippen molar-refractivity contribution in [1.29, 1.82) is 0 Å². The molecule has 1 heterocycles. The minimum Gasteiger partial charge on any atom is -0.411 e. The number of aromatic nitrogens is 1. The van der Waals surface area contributed by atoms with Crippen LogP contribution in [0.2, 0.25) is 0 Å². The lowest BCUT2D eigenvalue weighted by molar-refractivity contribution is 0.321. The fourth-order valence-corrected chi connectivity index (χ4v) is 2.12. The molecule has 1 N–H and O–H groups in total. The molecule has 4 heteroatoms. The number of pyridine rings is 1. The predicted molar refractivity (Wildman–Crippen MR) is 64.2 cm³/mol. The van der Waals surface area contributed by atoms with Gasteiger partial charge in [-0.15, -0.1) is 0 Å². The maximum atomic E-state index is 8.54. The molecular formula is C12H10N2OS. The van der Waals surface area contributed by atoms with Gasteiger partial charge in [-0.3, -0.25) is 0 Å². The van der Waals surface area contributed by atoms with Crippen molar-refractivity contribution in [1.82, 2.24) is 4.98 Å². The third kappa shape index (κ3) is 2.61. The number of hydrogen-bond donors (Lipinski definition) is 1. The van der Waals surface area contributed by atoms with E-state index in [9.17, 15) is 0 Å². The van der Waals surface area contributed by atoms with E-state index in [-0.39, 0.29) is 0 Å². The van der Waals surface area contributed by atoms with Crippen LogP contribution in [0.4, 0.5) is 0 Å². The van der Waals surface area contributed by atoms with Crippen molar-refractivity contribution in [3.8, 4) is 0 Å². The highest BCUT2D eigenvalue weighted by molar-refractivity contribution is 7.99. The molecule has 0 radical (unpaired) electrons. The number of nitrogens with zero attached hydrogens (tertiary/aromatic N) is 2. The average Bonchev–Trinajstić information content (AvgIpc) is 2.33. The van der Waals surface area contributed by atoms with Crippen LogP contribution in [0.5, 0.6) is 0 Å². The topological polar surface area (TPSA) is 45.5 Å². The summed E-state index contributed by atoms with van der Waals surface area (Å²) >= 11 is 1.54. The van der Waals surface area contributed by atoms with E-state index in [4.69, 9.17) is 5.21 Å². The molecule has 1 aromatic carbocycles. The molecule has 0 fully saturated rings. The second kappa shape index (κ2) is 5.32. The van der Waals surface area contributed by atoms with E-state index in [0.717, 1.165) is 15.5 Å². The first-order valence-corrected chi connectivity index (χ1v) is 5.57. The van der Waals surface area contributed by atoms with Crippen molar-refractivity contribution in [2.75, 3.05) is 0 Å². The fourth-order valence-electron chi connectivity index (χ4n) is 1.25. The summed E-state index contributed by atoms with van der Waals surface area (Å²) in [6.07, 6.45) is 3.11.